The van der Waals surface area contributed by atoms with E-state index in [4.69, 9.17) is 17.7 Å². The third-order valence-corrected chi connectivity index (χ3v) is 1.62. The fourth-order valence-electron chi connectivity index (χ4n) is 0.673. The van der Waals surface area contributed by atoms with Gasteiger partial charge in [-0.1, -0.05) is 26.1 Å². The van der Waals surface area contributed by atoms with Gasteiger partial charge >= 0.3 is 0 Å². The molecule has 1 heterocycles. The minimum absolute atomic E-state index is 0.161. The van der Waals surface area contributed by atoms with E-state index in [2.05, 4.69) is 20.3 Å². The monoisotopic (exact) mass is 183 g/mol. The van der Waals surface area contributed by atoms with Crippen molar-refractivity contribution in [3.8, 4) is 0 Å². The first-order valence-electron chi connectivity index (χ1n) is 3.49. The molecule has 1 aromatic heterocycles. The number of aromatic nitrogens is 3. The summed E-state index contributed by atoms with van der Waals surface area (Å²) in [5.74, 6) is 1.13. The quantitative estimate of drug-likeness (QED) is 0.545. The molecule has 0 saturated carbocycles. The summed E-state index contributed by atoms with van der Waals surface area (Å²) >= 11 is 4.85. The molecule has 64 valence electrons. The van der Waals surface area contributed by atoms with Crippen molar-refractivity contribution in [2.75, 3.05) is 0 Å². The van der Waals surface area contributed by atoms with Crippen molar-refractivity contribution in [2.45, 2.75) is 19.8 Å². The van der Waals surface area contributed by atoms with Crippen LogP contribution in [-0.2, 0) is 0 Å². The van der Waals surface area contributed by atoms with Gasteiger partial charge in [-0.3, -0.25) is 5.10 Å². The Kier molecular flexibility index (Phi) is 2.59. The van der Waals surface area contributed by atoms with Crippen LogP contribution in [0, 0.1) is 10.2 Å². The van der Waals surface area contributed by atoms with Crippen molar-refractivity contribution in [1.29, 1.82) is 5.53 Å². The fourth-order valence-corrected chi connectivity index (χ4v) is 0.863. The van der Waals surface area contributed by atoms with Crippen LogP contribution in [0.4, 0.5) is 5.82 Å². The molecule has 1 rings (SSSR count). The molecule has 0 aromatic carbocycles. The third kappa shape index (κ3) is 1.70. The van der Waals surface area contributed by atoms with Gasteiger partial charge in [-0.05, 0) is 0 Å². The maximum absolute atomic E-state index is 6.70. The van der Waals surface area contributed by atoms with Crippen LogP contribution in [0.15, 0.2) is 5.11 Å². The van der Waals surface area contributed by atoms with Gasteiger partial charge in [0.1, 0.15) is 5.82 Å². The van der Waals surface area contributed by atoms with E-state index < -0.39 is 0 Å². The number of H-pyrrole nitrogens is 1. The predicted molar refractivity (Wildman–Crippen MR) is 46.1 cm³/mol. The van der Waals surface area contributed by atoms with Crippen LogP contribution >= 0.6 is 12.2 Å². The first-order valence-corrected chi connectivity index (χ1v) is 3.90. The number of nitrogens with one attached hydrogen (secondary N) is 2. The highest BCUT2D eigenvalue weighted by Crippen LogP contribution is 2.11. The zero-order valence-corrected chi connectivity index (χ0v) is 7.64. The second-order valence-electron chi connectivity index (χ2n) is 2.62. The Morgan fingerprint density at radius 1 is 1.58 bits per heavy atom. The molecule has 0 spiro atoms. The summed E-state index contributed by atoms with van der Waals surface area (Å²) in [6, 6.07) is 0. The highest BCUT2D eigenvalue weighted by Gasteiger charge is 2.03. The second-order valence-corrected chi connectivity index (χ2v) is 3.00. The van der Waals surface area contributed by atoms with Gasteiger partial charge < -0.3 is 0 Å². The minimum atomic E-state index is 0.161. The molecule has 0 fully saturated rings. The summed E-state index contributed by atoms with van der Waals surface area (Å²) < 4.78 is 0.271. The molecule has 5 nitrogen and oxygen atoms in total. The molecular formula is C6H9N5S. The van der Waals surface area contributed by atoms with E-state index in [9.17, 15) is 0 Å². The molecule has 0 radical (unpaired) electrons. The van der Waals surface area contributed by atoms with Gasteiger partial charge in [-0.15, -0.1) is 10.2 Å². The summed E-state index contributed by atoms with van der Waals surface area (Å²) in [5.41, 5.74) is 6.70. The maximum Gasteiger partial charge on any atom is 0.229 e. The van der Waals surface area contributed by atoms with E-state index in [-0.39, 0.29) is 16.4 Å². The van der Waals surface area contributed by atoms with Crippen molar-refractivity contribution < 1.29 is 0 Å². The molecule has 0 unspecified atom stereocenters. The lowest BCUT2D eigenvalue weighted by molar-refractivity contribution is 0.729. The topological polar surface area (TPSA) is 77.8 Å². The number of aromatic amines is 1. The number of hydrogen-bond acceptors (Lipinski definition) is 5. The van der Waals surface area contributed by atoms with Crippen LogP contribution in [0.3, 0.4) is 0 Å². The Balaban J connectivity index is 3.19. The molecule has 12 heavy (non-hydrogen) atoms. The summed E-state index contributed by atoms with van der Waals surface area (Å²) in [5, 5.41) is 9.57. The van der Waals surface area contributed by atoms with Crippen LogP contribution in [0.5, 0.6) is 0 Å². The molecule has 0 bridgehead atoms. The number of nitrogens with zero attached hydrogens (tertiary/aromatic N) is 3. The van der Waals surface area contributed by atoms with Crippen molar-refractivity contribution in [3.63, 3.8) is 0 Å². The zero-order valence-electron chi connectivity index (χ0n) is 6.83. The van der Waals surface area contributed by atoms with Crippen molar-refractivity contribution >= 4 is 18.0 Å². The Morgan fingerprint density at radius 3 is 2.67 bits per heavy atom. The van der Waals surface area contributed by atoms with E-state index >= 15 is 0 Å². The maximum atomic E-state index is 6.70. The fraction of sp³-hybridized carbons (Fsp3) is 0.500. The average molecular weight is 183 g/mol. The van der Waals surface area contributed by atoms with Crippen molar-refractivity contribution in [3.05, 3.63) is 10.5 Å². The summed E-state index contributed by atoms with van der Waals surface area (Å²) in [7, 11) is 0. The van der Waals surface area contributed by atoms with Gasteiger partial charge in [-0.2, -0.15) is 0 Å². The first-order chi connectivity index (χ1) is 5.65. The van der Waals surface area contributed by atoms with E-state index in [0.717, 1.165) is 0 Å². The zero-order chi connectivity index (χ0) is 9.14. The highest BCUT2D eigenvalue weighted by molar-refractivity contribution is 7.71. The second kappa shape index (κ2) is 3.48. The Hall–Kier alpha value is -1.17. The van der Waals surface area contributed by atoms with E-state index in [1.54, 1.807) is 0 Å². The molecule has 2 N–H and O–H groups in total. The van der Waals surface area contributed by atoms with Crippen LogP contribution in [0.1, 0.15) is 25.6 Å². The molecule has 0 saturated heterocycles. The molecule has 0 atom stereocenters. The highest BCUT2D eigenvalue weighted by atomic mass is 32.1. The third-order valence-electron chi connectivity index (χ3n) is 1.34. The van der Waals surface area contributed by atoms with Gasteiger partial charge in [0.25, 0.3) is 0 Å². The van der Waals surface area contributed by atoms with Gasteiger partial charge in [0.05, 0.1) is 0 Å². The average Bonchev–Trinajstić information content (AvgIpc) is 2.04. The van der Waals surface area contributed by atoms with Gasteiger partial charge in [0.2, 0.25) is 5.82 Å². The van der Waals surface area contributed by atoms with Crippen LogP contribution < -0.4 is 0 Å². The molecule has 6 heteroatoms. The molecule has 1 aromatic rings. The largest absolute Gasteiger partial charge is 0.262 e. The summed E-state index contributed by atoms with van der Waals surface area (Å²) in [4.78, 5) is 4.03. The van der Waals surface area contributed by atoms with E-state index in [1.165, 1.54) is 0 Å². The lowest BCUT2D eigenvalue weighted by atomic mass is 10.2. The van der Waals surface area contributed by atoms with Crippen LogP contribution in [-0.4, -0.2) is 15.2 Å². The van der Waals surface area contributed by atoms with Crippen LogP contribution in [0.25, 0.3) is 0 Å². The smallest absolute Gasteiger partial charge is 0.229 e. The number of rotatable bonds is 2. The molecule has 0 amide bonds. The molecular weight excluding hydrogens is 174 g/mol. The molecule has 0 aliphatic heterocycles. The standard InChI is InChI=1S/C6H9N5S/c1-3(2)4-8-6(12)5(9-7)11-10-4/h3,7H,1-2H3,(H,8,10,12). The Morgan fingerprint density at radius 2 is 2.25 bits per heavy atom. The lowest BCUT2D eigenvalue weighted by Gasteiger charge is -2.01. The van der Waals surface area contributed by atoms with Gasteiger partial charge in [0, 0.05) is 5.92 Å². The van der Waals surface area contributed by atoms with Gasteiger partial charge in [-0.25, -0.2) is 10.5 Å². The van der Waals surface area contributed by atoms with Gasteiger partial charge in [0.15, 0.2) is 4.64 Å². The lowest BCUT2D eigenvalue weighted by Crippen LogP contribution is -1.99. The molecule has 0 aliphatic rings. The van der Waals surface area contributed by atoms with Crippen molar-refractivity contribution in [2.24, 2.45) is 5.11 Å². The summed E-state index contributed by atoms with van der Waals surface area (Å²) in [6.45, 7) is 3.96. The normalized spacial score (nSPS) is 10.2. The van der Waals surface area contributed by atoms with E-state index in [1.807, 2.05) is 13.8 Å². The SMILES string of the molecule is CC(C)c1nc(=S)c(N=N)n[nH]1. The molecule has 0 aliphatic carbocycles. The Labute approximate surface area is 74.7 Å². The first kappa shape index (κ1) is 8.92. The van der Waals surface area contributed by atoms with Crippen LogP contribution in [0.2, 0.25) is 0 Å². The van der Waals surface area contributed by atoms with E-state index in [0.29, 0.717) is 5.82 Å². The number of hydrogen-bond donors (Lipinski definition) is 2. The minimum Gasteiger partial charge on any atom is -0.262 e. The Bertz CT molecular complexity index is 342. The van der Waals surface area contributed by atoms with Crippen molar-refractivity contribution in [1.82, 2.24) is 15.2 Å². The summed E-state index contributed by atoms with van der Waals surface area (Å²) in [6.07, 6.45) is 0. The predicted octanol–water partition coefficient (Wildman–Crippen LogP) is 2.32.